The smallest absolute Gasteiger partial charge is 0.416 e. The number of methoxy groups -OCH3 is 1. The molecule has 0 radical (unpaired) electrons. The normalized spacial score (nSPS) is 20.0. The number of benzene rings is 2. The lowest BCUT2D eigenvalue weighted by atomic mass is 9.76. The molecule has 1 heterocycles. The van der Waals surface area contributed by atoms with E-state index in [9.17, 15) is 18.0 Å². The number of ether oxygens (including phenoxy) is 1. The first kappa shape index (κ1) is 19.3. The maximum Gasteiger partial charge on any atom is 0.416 e. The fourth-order valence-electron chi connectivity index (χ4n) is 3.77. The Hall–Kier alpha value is -2.50. The molecule has 2 aromatic rings. The molecule has 3 rings (SSSR count). The van der Waals surface area contributed by atoms with Crippen molar-refractivity contribution in [2.24, 2.45) is 11.8 Å². The summed E-state index contributed by atoms with van der Waals surface area (Å²) in [7, 11) is 1.57. The van der Waals surface area contributed by atoms with Gasteiger partial charge in [0, 0.05) is 11.6 Å². The zero-order chi connectivity index (χ0) is 19.8. The fraction of sp³-hybridized carbons (Fsp3) is 0.381. The van der Waals surface area contributed by atoms with Gasteiger partial charge in [0.15, 0.2) is 0 Å². The van der Waals surface area contributed by atoms with Gasteiger partial charge in [-0.05, 0) is 59.7 Å². The zero-order valence-corrected chi connectivity index (χ0v) is 15.4. The summed E-state index contributed by atoms with van der Waals surface area (Å²) in [6.45, 7) is 3.91. The molecule has 0 bridgehead atoms. The van der Waals surface area contributed by atoms with E-state index in [0.717, 1.165) is 17.7 Å². The van der Waals surface area contributed by atoms with E-state index in [1.807, 2.05) is 38.1 Å². The van der Waals surface area contributed by atoms with Crippen LogP contribution in [0.5, 0.6) is 5.75 Å². The maximum absolute atomic E-state index is 13.1. The molecular weight excluding hydrogens is 355 g/mol. The van der Waals surface area contributed by atoms with E-state index in [1.165, 1.54) is 6.07 Å². The maximum atomic E-state index is 13.1. The highest BCUT2D eigenvalue weighted by atomic mass is 19.4. The molecule has 1 aliphatic heterocycles. The molecular formula is C21H22F3NO2. The van der Waals surface area contributed by atoms with Crippen LogP contribution < -0.4 is 10.1 Å². The number of halogens is 3. The van der Waals surface area contributed by atoms with Gasteiger partial charge in [-0.15, -0.1) is 0 Å². The van der Waals surface area contributed by atoms with Crippen molar-refractivity contribution in [1.29, 1.82) is 0 Å². The van der Waals surface area contributed by atoms with Crippen LogP contribution in [0, 0.1) is 11.8 Å². The van der Waals surface area contributed by atoms with Gasteiger partial charge in [0.2, 0.25) is 5.91 Å². The molecule has 1 N–H and O–H groups in total. The van der Waals surface area contributed by atoms with Gasteiger partial charge in [-0.25, -0.2) is 0 Å². The summed E-state index contributed by atoms with van der Waals surface area (Å²) in [6, 6.07) is 10.9. The fourth-order valence-corrected chi connectivity index (χ4v) is 3.77. The molecule has 0 aliphatic carbocycles. The number of carbonyl (C=O) groups excluding carboxylic acids is 1. The van der Waals surface area contributed by atoms with Crippen molar-refractivity contribution in [3.8, 4) is 5.75 Å². The monoisotopic (exact) mass is 377 g/mol. The van der Waals surface area contributed by atoms with Gasteiger partial charge < -0.3 is 10.1 Å². The molecule has 0 saturated heterocycles. The Balaban J connectivity index is 2.07. The Morgan fingerprint density at radius 3 is 2.33 bits per heavy atom. The summed E-state index contributed by atoms with van der Waals surface area (Å²) in [5.74, 6) is -0.00345. The average Bonchev–Trinajstić information content (AvgIpc) is 2.76. The van der Waals surface area contributed by atoms with E-state index in [0.29, 0.717) is 23.4 Å². The van der Waals surface area contributed by atoms with E-state index in [4.69, 9.17) is 4.74 Å². The van der Waals surface area contributed by atoms with E-state index in [2.05, 4.69) is 5.32 Å². The highest BCUT2D eigenvalue weighted by Gasteiger charge is 2.37. The van der Waals surface area contributed by atoms with Gasteiger partial charge in [-0.2, -0.15) is 13.2 Å². The molecule has 0 fully saturated rings. The largest absolute Gasteiger partial charge is 0.497 e. The minimum Gasteiger partial charge on any atom is -0.497 e. The molecule has 2 atom stereocenters. The minimum absolute atomic E-state index is 0.0356. The first-order valence-corrected chi connectivity index (χ1v) is 8.85. The summed E-state index contributed by atoms with van der Waals surface area (Å²) in [5, 5.41) is 2.82. The van der Waals surface area contributed by atoms with Gasteiger partial charge in [0.25, 0.3) is 0 Å². The van der Waals surface area contributed by atoms with Crippen molar-refractivity contribution in [2.75, 3.05) is 12.4 Å². The molecule has 6 heteroatoms. The number of nitrogens with one attached hydrogen (secondary N) is 1. The Kier molecular flexibility index (Phi) is 5.18. The van der Waals surface area contributed by atoms with Crippen LogP contribution in [-0.2, 0) is 17.4 Å². The van der Waals surface area contributed by atoms with E-state index in [-0.39, 0.29) is 23.7 Å². The van der Waals surface area contributed by atoms with Gasteiger partial charge in [-0.3, -0.25) is 4.79 Å². The molecule has 3 nitrogen and oxygen atoms in total. The van der Waals surface area contributed by atoms with Crippen molar-refractivity contribution in [2.45, 2.75) is 32.4 Å². The quantitative estimate of drug-likeness (QED) is 0.792. The lowest BCUT2D eigenvalue weighted by Gasteiger charge is -2.27. The zero-order valence-electron chi connectivity index (χ0n) is 15.4. The van der Waals surface area contributed by atoms with Gasteiger partial charge in [0.05, 0.1) is 12.7 Å². The van der Waals surface area contributed by atoms with Crippen molar-refractivity contribution >= 4 is 11.6 Å². The van der Waals surface area contributed by atoms with E-state index < -0.39 is 11.7 Å². The van der Waals surface area contributed by atoms with Crippen LogP contribution in [0.4, 0.5) is 18.9 Å². The Morgan fingerprint density at radius 2 is 1.78 bits per heavy atom. The molecule has 1 amide bonds. The number of hydrogen-bond donors (Lipinski definition) is 1. The topological polar surface area (TPSA) is 38.3 Å². The standard InChI is InChI=1S/C21H22F3NO2/c1-12(2)19-17(13-4-7-16(27-3)8-5-13)11-14-10-15(21(22,23)24)6-9-18(14)25-20(19)26/h4-10,12,17,19H,11H2,1-3H3,(H,25,26). The molecule has 2 unspecified atom stereocenters. The number of hydrogen-bond acceptors (Lipinski definition) is 2. The second kappa shape index (κ2) is 7.25. The Morgan fingerprint density at radius 1 is 1.11 bits per heavy atom. The van der Waals surface area contributed by atoms with Crippen LogP contribution in [0.2, 0.25) is 0 Å². The summed E-state index contributed by atoms with van der Waals surface area (Å²) in [4.78, 5) is 12.8. The summed E-state index contributed by atoms with van der Waals surface area (Å²) < 4.78 is 44.6. The molecule has 0 aromatic heterocycles. The van der Waals surface area contributed by atoms with Crippen LogP contribution in [0.3, 0.4) is 0 Å². The van der Waals surface area contributed by atoms with Crippen LogP contribution >= 0.6 is 0 Å². The van der Waals surface area contributed by atoms with E-state index >= 15 is 0 Å². The van der Waals surface area contributed by atoms with Crippen LogP contribution in [-0.4, -0.2) is 13.0 Å². The third kappa shape index (κ3) is 3.94. The molecule has 0 saturated carbocycles. The second-order valence-electron chi connectivity index (χ2n) is 7.21. The molecule has 0 spiro atoms. The molecule has 144 valence electrons. The molecule has 2 aromatic carbocycles. The van der Waals surface area contributed by atoms with E-state index in [1.54, 1.807) is 7.11 Å². The summed E-state index contributed by atoms with van der Waals surface area (Å²) in [6.07, 6.45) is -4.06. The summed E-state index contributed by atoms with van der Waals surface area (Å²) >= 11 is 0. The van der Waals surface area contributed by atoms with Crippen molar-refractivity contribution in [1.82, 2.24) is 0 Å². The Labute approximate surface area is 156 Å². The first-order chi connectivity index (χ1) is 12.7. The third-order valence-electron chi connectivity index (χ3n) is 5.13. The van der Waals surface area contributed by atoms with Crippen molar-refractivity contribution in [3.63, 3.8) is 0 Å². The molecule has 1 aliphatic rings. The number of fused-ring (bicyclic) bond motifs is 1. The number of rotatable bonds is 3. The van der Waals surface area contributed by atoms with Gasteiger partial charge in [-0.1, -0.05) is 26.0 Å². The lowest BCUT2D eigenvalue weighted by Crippen LogP contribution is -2.31. The number of carbonyl (C=O) groups is 1. The first-order valence-electron chi connectivity index (χ1n) is 8.85. The predicted molar refractivity (Wildman–Crippen MR) is 97.8 cm³/mol. The average molecular weight is 377 g/mol. The number of amides is 1. The number of alkyl halides is 3. The second-order valence-corrected chi connectivity index (χ2v) is 7.21. The third-order valence-corrected chi connectivity index (χ3v) is 5.13. The Bertz CT molecular complexity index is 828. The van der Waals surface area contributed by atoms with Crippen molar-refractivity contribution in [3.05, 3.63) is 59.2 Å². The predicted octanol–water partition coefficient (Wildman–Crippen LogP) is 5.26. The molecule has 27 heavy (non-hydrogen) atoms. The van der Waals surface area contributed by atoms with Gasteiger partial charge >= 0.3 is 6.18 Å². The summed E-state index contributed by atoms with van der Waals surface area (Å²) in [5.41, 5.74) is 1.17. The minimum atomic E-state index is -4.42. The van der Waals surface area contributed by atoms with Gasteiger partial charge in [0.1, 0.15) is 5.75 Å². The lowest BCUT2D eigenvalue weighted by molar-refractivity contribution is -0.137. The van der Waals surface area contributed by atoms with Crippen molar-refractivity contribution < 1.29 is 22.7 Å². The van der Waals surface area contributed by atoms with Crippen LogP contribution in [0.1, 0.15) is 36.5 Å². The highest BCUT2D eigenvalue weighted by Crippen LogP contribution is 2.41. The SMILES string of the molecule is COc1ccc(C2Cc3cc(C(F)(F)F)ccc3NC(=O)C2C(C)C)cc1. The van der Waals surface area contributed by atoms with Crippen LogP contribution in [0.25, 0.3) is 0 Å². The number of anilines is 1. The van der Waals surface area contributed by atoms with Crippen LogP contribution in [0.15, 0.2) is 42.5 Å². The highest BCUT2D eigenvalue weighted by molar-refractivity contribution is 5.95.